The highest BCUT2D eigenvalue weighted by Crippen LogP contribution is 2.13. The minimum Gasteiger partial charge on any atom is -0.497 e. The Balaban J connectivity index is 2.86. The first-order valence-electron chi connectivity index (χ1n) is 4.20. The van der Waals surface area contributed by atoms with Crippen LogP contribution in [0.25, 0.3) is 6.08 Å². The Morgan fingerprint density at radius 1 is 1.36 bits per heavy atom. The monoisotopic (exact) mass is 190 g/mol. The smallest absolute Gasteiger partial charge is 0.173 e. The van der Waals surface area contributed by atoms with Gasteiger partial charge in [0.15, 0.2) is 5.83 Å². The molecule has 0 aliphatic heterocycles. The zero-order valence-corrected chi connectivity index (χ0v) is 8.17. The quantitative estimate of drug-likeness (QED) is 0.651. The molecule has 0 fully saturated rings. The van der Waals surface area contributed by atoms with Crippen LogP contribution in [0.4, 0.5) is 4.39 Å². The second-order valence-corrected chi connectivity index (χ2v) is 2.64. The van der Waals surface area contributed by atoms with Gasteiger partial charge in [-0.3, -0.25) is 0 Å². The molecule has 0 atom stereocenters. The second-order valence-electron chi connectivity index (χ2n) is 2.64. The number of halogens is 1. The van der Waals surface area contributed by atoms with Gasteiger partial charge in [-0.25, -0.2) is 0 Å². The van der Waals surface area contributed by atoms with E-state index in [4.69, 9.17) is 4.74 Å². The highest BCUT2D eigenvalue weighted by atomic mass is 19.1. The number of rotatable bonds is 2. The topological polar surface area (TPSA) is 9.23 Å². The number of benzene rings is 1. The van der Waals surface area contributed by atoms with Crippen LogP contribution in [0.2, 0.25) is 0 Å². The maximum Gasteiger partial charge on any atom is 0.173 e. The molecular weight excluding hydrogens is 179 g/mol. The summed E-state index contributed by atoms with van der Waals surface area (Å²) in [7, 11) is 1.59. The summed E-state index contributed by atoms with van der Waals surface area (Å²) in [6, 6.07) is 7.10. The van der Waals surface area contributed by atoms with E-state index in [0.717, 1.165) is 11.3 Å². The van der Waals surface area contributed by atoms with Gasteiger partial charge in [-0.1, -0.05) is 18.1 Å². The van der Waals surface area contributed by atoms with Gasteiger partial charge in [-0.2, -0.15) is 4.39 Å². The first-order valence-corrected chi connectivity index (χ1v) is 4.20. The number of methoxy groups -OCH3 is 1. The van der Waals surface area contributed by atoms with Crippen molar-refractivity contribution in [2.75, 3.05) is 7.11 Å². The SMILES string of the molecule is CC#C/C(F)=C/c1ccc(OC)cc1. The predicted octanol–water partition coefficient (Wildman–Crippen LogP) is 3.03. The molecule has 0 N–H and O–H groups in total. The molecule has 0 saturated heterocycles. The molecule has 0 radical (unpaired) electrons. The van der Waals surface area contributed by atoms with Crippen molar-refractivity contribution in [2.45, 2.75) is 6.92 Å². The van der Waals surface area contributed by atoms with Gasteiger partial charge in [0.2, 0.25) is 0 Å². The van der Waals surface area contributed by atoms with E-state index >= 15 is 0 Å². The van der Waals surface area contributed by atoms with E-state index in [1.54, 1.807) is 38.3 Å². The van der Waals surface area contributed by atoms with Gasteiger partial charge in [0.25, 0.3) is 0 Å². The third kappa shape index (κ3) is 2.95. The third-order valence-electron chi connectivity index (χ3n) is 1.65. The molecule has 0 aliphatic carbocycles. The van der Waals surface area contributed by atoms with Crippen molar-refractivity contribution < 1.29 is 9.13 Å². The van der Waals surface area contributed by atoms with Crippen LogP contribution in [0.15, 0.2) is 30.1 Å². The van der Waals surface area contributed by atoms with E-state index in [-0.39, 0.29) is 0 Å². The summed E-state index contributed by atoms with van der Waals surface area (Å²) >= 11 is 0. The van der Waals surface area contributed by atoms with Gasteiger partial charge in [-0.05, 0) is 36.6 Å². The fraction of sp³-hybridized carbons (Fsp3) is 0.167. The number of hydrogen-bond acceptors (Lipinski definition) is 1. The number of ether oxygens (including phenoxy) is 1. The number of hydrogen-bond donors (Lipinski definition) is 0. The van der Waals surface area contributed by atoms with Crippen molar-refractivity contribution >= 4 is 6.08 Å². The van der Waals surface area contributed by atoms with Gasteiger partial charge in [0.05, 0.1) is 7.11 Å². The predicted molar refractivity (Wildman–Crippen MR) is 55.5 cm³/mol. The Labute approximate surface area is 83.2 Å². The van der Waals surface area contributed by atoms with Crippen LogP contribution in [-0.2, 0) is 0 Å². The summed E-state index contributed by atoms with van der Waals surface area (Å²) in [4.78, 5) is 0. The van der Waals surface area contributed by atoms with E-state index in [9.17, 15) is 4.39 Å². The van der Waals surface area contributed by atoms with E-state index in [1.807, 2.05) is 0 Å². The van der Waals surface area contributed by atoms with Crippen LogP contribution in [0, 0.1) is 11.8 Å². The summed E-state index contributed by atoms with van der Waals surface area (Å²) in [5.74, 6) is 5.15. The van der Waals surface area contributed by atoms with Crippen LogP contribution in [0.3, 0.4) is 0 Å². The molecule has 14 heavy (non-hydrogen) atoms. The summed E-state index contributed by atoms with van der Waals surface area (Å²) in [6.45, 7) is 1.60. The summed E-state index contributed by atoms with van der Waals surface area (Å²) in [6.07, 6.45) is 1.38. The summed E-state index contributed by atoms with van der Waals surface area (Å²) in [5.41, 5.74) is 0.769. The first kappa shape index (κ1) is 10.3. The van der Waals surface area contributed by atoms with Crippen molar-refractivity contribution in [3.63, 3.8) is 0 Å². The molecule has 0 bridgehead atoms. The molecule has 1 aromatic carbocycles. The van der Waals surface area contributed by atoms with Crippen molar-refractivity contribution in [3.8, 4) is 17.6 Å². The molecule has 1 aromatic rings. The third-order valence-corrected chi connectivity index (χ3v) is 1.65. The average molecular weight is 190 g/mol. The van der Waals surface area contributed by atoms with Crippen LogP contribution in [0.5, 0.6) is 5.75 Å². The van der Waals surface area contributed by atoms with E-state index in [0.29, 0.717) is 0 Å². The van der Waals surface area contributed by atoms with E-state index in [2.05, 4.69) is 11.8 Å². The minimum atomic E-state index is -0.433. The Kier molecular flexibility index (Phi) is 3.75. The van der Waals surface area contributed by atoms with Crippen LogP contribution in [-0.4, -0.2) is 7.11 Å². The fourth-order valence-electron chi connectivity index (χ4n) is 1.00. The first-order chi connectivity index (χ1) is 6.76. The molecule has 0 aromatic heterocycles. The zero-order chi connectivity index (χ0) is 10.4. The lowest BCUT2D eigenvalue weighted by Gasteiger charge is -1.98. The standard InChI is InChI=1S/C12H11FO/c1-3-4-11(13)9-10-5-7-12(14-2)8-6-10/h5-9H,1-2H3/b11-9-. The molecule has 0 saturated carbocycles. The van der Waals surface area contributed by atoms with Crippen molar-refractivity contribution in [1.82, 2.24) is 0 Å². The molecule has 2 heteroatoms. The Hall–Kier alpha value is -1.75. The van der Waals surface area contributed by atoms with E-state index in [1.165, 1.54) is 6.08 Å². The van der Waals surface area contributed by atoms with Crippen molar-refractivity contribution in [2.24, 2.45) is 0 Å². The molecule has 0 aliphatic rings. The molecule has 1 rings (SSSR count). The highest BCUT2D eigenvalue weighted by molar-refractivity contribution is 5.56. The van der Waals surface area contributed by atoms with Gasteiger partial charge in [0, 0.05) is 0 Å². The fourth-order valence-corrected chi connectivity index (χ4v) is 1.00. The highest BCUT2D eigenvalue weighted by Gasteiger charge is 1.92. The zero-order valence-electron chi connectivity index (χ0n) is 8.17. The largest absolute Gasteiger partial charge is 0.497 e. The normalized spacial score (nSPS) is 10.4. The maximum absolute atomic E-state index is 12.9. The molecular formula is C12H11FO. The summed E-state index contributed by atoms with van der Waals surface area (Å²) < 4.78 is 17.9. The average Bonchev–Trinajstić information content (AvgIpc) is 2.19. The van der Waals surface area contributed by atoms with Gasteiger partial charge < -0.3 is 4.74 Å². The Morgan fingerprint density at radius 3 is 2.50 bits per heavy atom. The van der Waals surface area contributed by atoms with Crippen LogP contribution in [0.1, 0.15) is 12.5 Å². The molecule has 0 heterocycles. The molecule has 0 spiro atoms. The summed E-state index contributed by atoms with van der Waals surface area (Å²) in [5, 5.41) is 0. The number of allylic oxidation sites excluding steroid dienone is 1. The van der Waals surface area contributed by atoms with Gasteiger partial charge >= 0.3 is 0 Å². The molecule has 1 nitrogen and oxygen atoms in total. The van der Waals surface area contributed by atoms with Crippen LogP contribution < -0.4 is 4.74 Å². The molecule has 0 amide bonds. The van der Waals surface area contributed by atoms with Gasteiger partial charge in [0.1, 0.15) is 5.75 Å². The van der Waals surface area contributed by atoms with E-state index < -0.39 is 5.83 Å². The van der Waals surface area contributed by atoms with Crippen molar-refractivity contribution in [1.29, 1.82) is 0 Å². The maximum atomic E-state index is 12.9. The van der Waals surface area contributed by atoms with Crippen LogP contribution >= 0.6 is 0 Å². The lowest BCUT2D eigenvalue weighted by atomic mass is 10.2. The van der Waals surface area contributed by atoms with Crippen molar-refractivity contribution in [3.05, 3.63) is 35.7 Å². The molecule has 72 valence electrons. The Morgan fingerprint density at radius 2 is 2.00 bits per heavy atom. The second kappa shape index (κ2) is 5.08. The van der Waals surface area contributed by atoms with Gasteiger partial charge in [-0.15, -0.1) is 0 Å². The minimum absolute atomic E-state index is 0.433. The molecule has 0 unspecified atom stereocenters. The lowest BCUT2D eigenvalue weighted by molar-refractivity contribution is 0.415. The lowest BCUT2D eigenvalue weighted by Crippen LogP contribution is -1.81. The Bertz CT molecular complexity index is 379.